The van der Waals surface area contributed by atoms with E-state index in [2.05, 4.69) is 20.6 Å². The molecule has 0 aliphatic carbocycles. The van der Waals surface area contributed by atoms with Crippen molar-refractivity contribution in [1.29, 1.82) is 0 Å². The molecule has 0 atom stereocenters. The smallest absolute Gasteiger partial charge is 0.227 e. The topological polar surface area (TPSA) is 94.9 Å². The van der Waals surface area contributed by atoms with Gasteiger partial charge in [0.15, 0.2) is 23.0 Å². The number of quaternary nitrogens is 2. The second kappa shape index (κ2) is 11.0. The van der Waals surface area contributed by atoms with Crippen LogP contribution in [0.5, 0.6) is 23.0 Å². The van der Waals surface area contributed by atoms with Crippen LogP contribution in [-0.2, 0) is 0 Å². The summed E-state index contributed by atoms with van der Waals surface area (Å²) in [7, 11) is 3.33. The predicted molar refractivity (Wildman–Crippen MR) is 123 cm³/mol. The average molecular weight is 441 g/mol. The van der Waals surface area contributed by atoms with Gasteiger partial charge in [0, 0.05) is 0 Å². The first kappa shape index (κ1) is 22.1. The number of hydrogen-bond acceptors (Lipinski definition) is 6. The molecule has 2 aliphatic heterocycles. The number of benzene rings is 2. The van der Waals surface area contributed by atoms with Crippen molar-refractivity contribution >= 4 is 11.7 Å². The molecule has 0 saturated heterocycles. The third-order valence-electron chi connectivity index (χ3n) is 5.47. The second-order valence-corrected chi connectivity index (χ2v) is 7.65. The summed E-state index contributed by atoms with van der Waals surface area (Å²) in [4.78, 5) is 9.01. The first-order chi connectivity index (χ1) is 15.8. The number of amidine groups is 2. The number of nitrogens with two attached hydrogens (primary N) is 2. The fourth-order valence-electron chi connectivity index (χ4n) is 3.78. The van der Waals surface area contributed by atoms with Crippen molar-refractivity contribution in [2.24, 2.45) is 9.98 Å². The summed E-state index contributed by atoms with van der Waals surface area (Å²) in [6.07, 6.45) is 1.75. The van der Waals surface area contributed by atoms with Crippen molar-refractivity contribution in [3.63, 3.8) is 0 Å². The Morgan fingerprint density at radius 1 is 0.688 bits per heavy atom. The maximum Gasteiger partial charge on any atom is 0.227 e. The molecule has 32 heavy (non-hydrogen) atoms. The van der Waals surface area contributed by atoms with Gasteiger partial charge in [-0.05, 0) is 49.2 Å². The van der Waals surface area contributed by atoms with Crippen molar-refractivity contribution < 1.29 is 29.6 Å². The Hall–Kier alpha value is -3.10. The van der Waals surface area contributed by atoms with Gasteiger partial charge < -0.3 is 18.9 Å². The Bertz CT molecular complexity index is 910. The standard InChI is InChI=1S/C24H30N4O4/c1-29-21-15-17(23-25-9-10-26-23)5-7-19(21)31-13-3-4-14-32-20-8-6-18(16-22(20)30-2)24-27-11-12-28-24/h5-8,15-16H,3-4,9-14H2,1-2H3,(H,25,26)(H,27,28)/p+2. The van der Waals surface area contributed by atoms with E-state index in [1.807, 2.05) is 36.4 Å². The molecular formula is C24H32N4O4+2. The fraction of sp³-hybridized carbons (Fsp3) is 0.417. The van der Waals surface area contributed by atoms with Gasteiger partial charge in [0.1, 0.15) is 13.1 Å². The Morgan fingerprint density at radius 2 is 1.16 bits per heavy atom. The third-order valence-corrected chi connectivity index (χ3v) is 5.47. The Balaban J connectivity index is 1.23. The zero-order chi connectivity index (χ0) is 22.2. The highest BCUT2D eigenvalue weighted by Gasteiger charge is 2.17. The minimum absolute atomic E-state index is 0.595. The molecule has 0 aromatic heterocycles. The Morgan fingerprint density at radius 3 is 1.53 bits per heavy atom. The fourth-order valence-corrected chi connectivity index (χ4v) is 3.78. The number of hydrogen-bond donors (Lipinski definition) is 2. The Labute approximate surface area is 188 Å². The summed E-state index contributed by atoms with van der Waals surface area (Å²) in [6.45, 7) is 4.92. The minimum atomic E-state index is 0.595. The highest BCUT2D eigenvalue weighted by atomic mass is 16.5. The molecule has 0 saturated carbocycles. The van der Waals surface area contributed by atoms with Crippen molar-refractivity contribution in [2.45, 2.75) is 12.8 Å². The number of ether oxygens (including phenoxy) is 4. The molecule has 2 aliphatic rings. The normalized spacial score (nSPS) is 15.3. The summed E-state index contributed by atoms with van der Waals surface area (Å²) in [5, 5.41) is 4.30. The third kappa shape index (κ3) is 5.38. The molecule has 0 fully saturated rings. The van der Waals surface area contributed by atoms with Gasteiger partial charge in [0.25, 0.3) is 0 Å². The van der Waals surface area contributed by atoms with Crippen LogP contribution in [0.25, 0.3) is 0 Å². The first-order valence-electron chi connectivity index (χ1n) is 11.2. The van der Waals surface area contributed by atoms with E-state index >= 15 is 0 Å². The number of unbranched alkanes of at least 4 members (excludes halogenated alkanes) is 1. The largest absolute Gasteiger partial charge is 0.493 e. The highest BCUT2D eigenvalue weighted by molar-refractivity contribution is 5.93. The summed E-state index contributed by atoms with van der Waals surface area (Å²) in [5.74, 6) is 5.03. The minimum Gasteiger partial charge on any atom is -0.493 e. The first-order valence-corrected chi connectivity index (χ1v) is 11.2. The van der Waals surface area contributed by atoms with Crippen molar-refractivity contribution in [3.05, 3.63) is 47.5 Å². The van der Waals surface area contributed by atoms with Crippen LogP contribution in [0.2, 0.25) is 0 Å². The molecule has 0 spiro atoms. The van der Waals surface area contributed by atoms with Crippen LogP contribution in [0, 0.1) is 0 Å². The number of aliphatic imine (C=N–C) groups is 2. The molecule has 0 amide bonds. The van der Waals surface area contributed by atoms with E-state index < -0.39 is 0 Å². The quantitative estimate of drug-likeness (QED) is 0.500. The highest BCUT2D eigenvalue weighted by Crippen LogP contribution is 2.29. The summed E-state index contributed by atoms with van der Waals surface area (Å²) in [6, 6.07) is 12.0. The molecule has 0 bridgehead atoms. The lowest BCUT2D eigenvalue weighted by atomic mass is 10.2. The molecule has 2 aromatic rings. The molecule has 8 nitrogen and oxygen atoms in total. The van der Waals surface area contributed by atoms with E-state index in [4.69, 9.17) is 18.9 Å². The van der Waals surface area contributed by atoms with Gasteiger partial charge in [-0.1, -0.05) is 0 Å². The van der Waals surface area contributed by atoms with E-state index in [1.165, 1.54) is 0 Å². The molecule has 8 heteroatoms. The lowest BCUT2D eigenvalue weighted by Crippen LogP contribution is -2.86. The molecule has 4 N–H and O–H groups in total. The van der Waals surface area contributed by atoms with Gasteiger partial charge in [-0.25, -0.2) is 9.98 Å². The van der Waals surface area contributed by atoms with Crippen molar-refractivity contribution in [3.8, 4) is 23.0 Å². The number of nitrogens with zero attached hydrogens (tertiary/aromatic N) is 2. The van der Waals surface area contributed by atoms with Crippen LogP contribution in [0.4, 0.5) is 0 Å². The maximum absolute atomic E-state index is 5.94. The molecule has 170 valence electrons. The molecule has 4 rings (SSSR count). The van der Waals surface area contributed by atoms with Gasteiger partial charge in [-0.15, -0.1) is 0 Å². The van der Waals surface area contributed by atoms with Gasteiger partial charge >= 0.3 is 0 Å². The van der Waals surface area contributed by atoms with Crippen LogP contribution in [0.3, 0.4) is 0 Å². The van der Waals surface area contributed by atoms with Crippen LogP contribution >= 0.6 is 0 Å². The van der Waals surface area contributed by atoms with Crippen LogP contribution in [0.15, 0.2) is 46.4 Å². The van der Waals surface area contributed by atoms with Crippen LogP contribution in [0.1, 0.15) is 24.0 Å². The zero-order valence-corrected chi connectivity index (χ0v) is 18.8. The monoisotopic (exact) mass is 440 g/mol. The number of methoxy groups -OCH3 is 2. The van der Waals surface area contributed by atoms with Gasteiger partial charge in [-0.2, -0.15) is 0 Å². The van der Waals surface area contributed by atoms with Gasteiger partial charge in [-0.3, -0.25) is 10.6 Å². The molecular weight excluding hydrogens is 408 g/mol. The Kier molecular flexibility index (Phi) is 7.58. The average Bonchev–Trinajstić information content (AvgIpc) is 3.56. The lowest BCUT2D eigenvalue weighted by molar-refractivity contribution is -0.527. The predicted octanol–water partition coefficient (Wildman–Crippen LogP) is 0.589. The maximum atomic E-state index is 5.94. The SMILES string of the molecule is COc1cc(C2=NCC[NH2+]2)ccc1OCCCCOc1ccc(C2=NCC[NH2+]2)cc1OC. The zero-order valence-electron chi connectivity index (χ0n) is 18.8. The summed E-state index contributed by atoms with van der Waals surface area (Å²) < 4.78 is 22.9. The van der Waals surface area contributed by atoms with Crippen molar-refractivity contribution in [1.82, 2.24) is 0 Å². The summed E-state index contributed by atoms with van der Waals surface area (Å²) >= 11 is 0. The van der Waals surface area contributed by atoms with E-state index in [0.717, 1.165) is 84.8 Å². The molecule has 0 unspecified atom stereocenters. The van der Waals surface area contributed by atoms with E-state index in [1.54, 1.807) is 14.2 Å². The lowest BCUT2D eigenvalue weighted by Gasteiger charge is -2.13. The van der Waals surface area contributed by atoms with E-state index in [0.29, 0.717) is 13.2 Å². The number of rotatable bonds is 11. The molecule has 2 aromatic carbocycles. The van der Waals surface area contributed by atoms with Crippen molar-refractivity contribution in [2.75, 3.05) is 53.6 Å². The summed E-state index contributed by atoms with van der Waals surface area (Å²) in [5.41, 5.74) is 2.14. The second-order valence-electron chi connectivity index (χ2n) is 7.65. The van der Waals surface area contributed by atoms with Crippen LogP contribution < -0.4 is 29.6 Å². The van der Waals surface area contributed by atoms with Crippen LogP contribution in [-0.4, -0.2) is 65.3 Å². The van der Waals surface area contributed by atoms with E-state index in [9.17, 15) is 0 Å². The van der Waals surface area contributed by atoms with E-state index in [-0.39, 0.29) is 0 Å². The molecule has 2 heterocycles. The molecule has 0 radical (unpaired) electrons. The van der Waals surface area contributed by atoms with Gasteiger partial charge in [0.2, 0.25) is 11.7 Å². The van der Waals surface area contributed by atoms with Gasteiger partial charge in [0.05, 0.1) is 51.6 Å².